The quantitative estimate of drug-likeness (QED) is 0.893. The third-order valence-electron chi connectivity index (χ3n) is 3.41. The Morgan fingerprint density at radius 2 is 1.95 bits per heavy atom. The number of anilines is 1. The number of rotatable bonds is 4. The molecule has 0 atom stereocenters. The summed E-state index contributed by atoms with van der Waals surface area (Å²) in [5.74, 6) is 0.492. The monoisotopic (exact) mass is 360 g/mol. The Hall–Kier alpha value is -0.590. The molecule has 1 aromatic rings. The van der Waals surface area contributed by atoms with E-state index in [1.54, 1.807) is 0 Å². The highest BCUT2D eigenvalue weighted by atomic mass is 79.9. The third kappa shape index (κ3) is 4.20. The summed E-state index contributed by atoms with van der Waals surface area (Å²) in [6.07, 6.45) is 0. The molecular weight excluding hydrogens is 340 g/mol. The number of halogens is 1. The Morgan fingerprint density at radius 1 is 1.30 bits per heavy atom. The van der Waals surface area contributed by atoms with Gasteiger partial charge in [0.05, 0.1) is 17.2 Å². The summed E-state index contributed by atoms with van der Waals surface area (Å²) in [7, 11) is -2.83. The van der Waals surface area contributed by atoms with Crippen LogP contribution < -0.4 is 10.2 Å². The first-order chi connectivity index (χ1) is 9.37. The second-order valence-electron chi connectivity index (χ2n) is 5.46. The molecule has 1 aliphatic heterocycles. The van der Waals surface area contributed by atoms with Gasteiger partial charge in [0.2, 0.25) is 0 Å². The van der Waals surface area contributed by atoms with Gasteiger partial charge in [0, 0.05) is 30.1 Å². The maximum Gasteiger partial charge on any atom is 0.153 e. The Bertz CT molecular complexity index is 559. The van der Waals surface area contributed by atoms with Crippen LogP contribution in [0.1, 0.15) is 19.4 Å². The first-order valence-corrected chi connectivity index (χ1v) is 9.46. The number of benzene rings is 1. The van der Waals surface area contributed by atoms with Crippen molar-refractivity contribution in [2.45, 2.75) is 26.4 Å². The van der Waals surface area contributed by atoms with Crippen LogP contribution in [0.2, 0.25) is 0 Å². The van der Waals surface area contributed by atoms with Crippen molar-refractivity contribution < 1.29 is 8.42 Å². The van der Waals surface area contributed by atoms with Crippen molar-refractivity contribution in [1.82, 2.24) is 5.32 Å². The minimum Gasteiger partial charge on any atom is -0.369 e. The van der Waals surface area contributed by atoms with E-state index >= 15 is 0 Å². The minimum atomic E-state index is -2.83. The normalized spacial score (nSPS) is 18.5. The Morgan fingerprint density at radius 3 is 2.50 bits per heavy atom. The molecular formula is C14H21BrN2O2S. The number of sulfone groups is 1. The SMILES string of the molecule is CC(C)NCc1ccc(N2CCS(=O)(=O)CC2)c(Br)c1. The van der Waals surface area contributed by atoms with Crippen LogP contribution in [0.25, 0.3) is 0 Å². The van der Waals surface area contributed by atoms with Gasteiger partial charge in [0.1, 0.15) is 0 Å². The topological polar surface area (TPSA) is 49.4 Å². The molecule has 0 amide bonds. The van der Waals surface area contributed by atoms with Crippen molar-refractivity contribution >= 4 is 31.5 Å². The molecule has 1 N–H and O–H groups in total. The van der Waals surface area contributed by atoms with Crippen LogP contribution in [0.3, 0.4) is 0 Å². The van der Waals surface area contributed by atoms with Crippen molar-refractivity contribution in [3.05, 3.63) is 28.2 Å². The molecule has 0 radical (unpaired) electrons. The molecule has 1 heterocycles. The Balaban J connectivity index is 2.06. The molecule has 1 fully saturated rings. The molecule has 6 heteroatoms. The average molecular weight is 361 g/mol. The van der Waals surface area contributed by atoms with E-state index in [4.69, 9.17) is 0 Å². The van der Waals surface area contributed by atoms with Gasteiger partial charge in [-0.3, -0.25) is 0 Å². The van der Waals surface area contributed by atoms with E-state index in [0.29, 0.717) is 19.1 Å². The summed E-state index contributed by atoms with van der Waals surface area (Å²) >= 11 is 3.60. The van der Waals surface area contributed by atoms with E-state index in [9.17, 15) is 8.42 Å². The molecule has 0 aliphatic carbocycles. The number of hydrogen-bond acceptors (Lipinski definition) is 4. The van der Waals surface area contributed by atoms with Crippen molar-refractivity contribution in [3.63, 3.8) is 0 Å². The summed E-state index contributed by atoms with van der Waals surface area (Å²) in [6, 6.07) is 6.73. The zero-order valence-electron chi connectivity index (χ0n) is 11.9. The maximum absolute atomic E-state index is 11.5. The lowest BCUT2D eigenvalue weighted by Gasteiger charge is -2.29. The summed E-state index contributed by atoms with van der Waals surface area (Å²) in [5, 5.41) is 3.39. The van der Waals surface area contributed by atoms with Gasteiger partial charge < -0.3 is 10.2 Å². The summed E-state index contributed by atoms with van der Waals surface area (Å²) in [4.78, 5) is 2.13. The van der Waals surface area contributed by atoms with Gasteiger partial charge in [-0.1, -0.05) is 19.9 Å². The molecule has 1 saturated heterocycles. The van der Waals surface area contributed by atoms with E-state index in [-0.39, 0.29) is 11.5 Å². The van der Waals surface area contributed by atoms with Crippen LogP contribution in [-0.2, 0) is 16.4 Å². The van der Waals surface area contributed by atoms with E-state index in [2.05, 4.69) is 58.2 Å². The summed E-state index contributed by atoms with van der Waals surface area (Å²) in [6.45, 7) is 6.23. The van der Waals surface area contributed by atoms with Crippen molar-refractivity contribution in [3.8, 4) is 0 Å². The highest BCUT2D eigenvalue weighted by Gasteiger charge is 2.22. The second-order valence-corrected chi connectivity index (χ2v) is 8.62. The van der Waals surface area contributed by atoms with Gasteiger partial charge in [-0.05, 0) is 33.6 Å². The molecule has 0 spiro atoms. The molecule has 1 aliphatic rings. The second kappa shape index (κ2) is 6.45. The van der Waals surface area contributed by atoms with Crippen LogP contribution in [0.15, 0.2) is 22.7 Å². The van der Waals surface area contributed by atoms with Crippen LogP contribution in [-0.4, -0.2) is 39.1 Å². The first-order valence-electron chi connectivity index (χ1n) is 6.84. The standard InChI is InChI=1S/C14H21BrN2O2S/c1-11(2)16-10-12-3-4-14(13(15)9-12)17-5-7-20(18,19)8-6-17/h3-4,9,11,16H,5-8,10H2,1-2H3. The van der Waals surface area contributed by atoms with Crippen molar-refractivity contribution in [2.24, 2.45) is 0 Å². The molecule has 0 aromatic heterocycles. The predicted octanol–water partition coefficient (Wildman–Crippen LogP) is 2.18. The Labute approximate surface area is 129 Å². The van der Waals surface area contributed by atoms with Gasteiger partial charge in [-0.2, -0.15) is 0 Å². The van der Waals surface area contributed by atoms with Gasteiger partial charge in [-0.25, -0.2) is 8.42 Å². The molecule has 1 aromatic carbocycles. The molecule has 112 valence electrons. The molecule has 0 bridgehead atoms. The molecule has 20 heavy (non-hydrogen) atoms. The van der Waals surface area contributed by atoms with E-state index in [1.165, 1.54) is 5.56 Å². The van der Waals surface area contributed by atoms with Gasteiger partial charge in [0.15, 0.2) is 9.84 Å². The minimum absolute atomic E-state index is 0.246. The fourth-order valence-corrected chi connectivity index (χ4v) is 4.07. The zero-order valence-corrected chi connectivity index (χ0v) is 14.3. The zero-order chi connectivity index (χ0) is 14.8. The highest BCUT2D eigenvalue weighted by Crippen LogP contribution is 2.28. The molecule has 4 nitrogen and oxygen atoms in total. The largest absolute Gasteiger partial charge is 0.369 e. The summed E-state index contributed by atoms with van der Waals surface area (Å²) < 4.78 is 24.0. The lowest BCUT2D eigenvalue weighted by molar-refractivity contribution is 0.586. The van der Waals surface area contributed by atoms with Gasteiger partial charge in [0.25, 0.3) is 0 Å². The summed E-state index contributed by atoms with van der Waals surface area (Å²) in [5.41, 5.74) is 2.30. The lowest BCUT2D eigenvalue weighted by atomic mass is 10.2. The van der Waals surface area contributed by atoms with Gasteiger partial charge in [-0.15, -0.1) is 0 Å². The molecule has 0 unspecified atom stereocenters. The predicted molar refractivity (Wildman–Crippen MR) is 87.0 cm³/mol. The maximum atomic E-state index is 11.5. The molecule has 0 saturated carbocycles. The Kier molecular flexibility index (Phi) is 5.09. The number of hydrogen-bond donors (Lipinski definition) is 1. The van der Waals surface area contributed by atoms with Crippen LogP contribution in [0, 0.1) is 0 Å². The fourth-order valence-electron chi connectivity index (χ4n) is 2.19. The van der Waals surface area contributed by atoms with Crippen LogP contribution >= 0.6 is 15.9 Å². The highest BCUT2D eigenvalue weighted by molar-refractivity contribution is 9.10. The van der Waals surface area contributed by atoms with E-state index in [0.717, 1.165) is 16.7 Å². The van der Waals surface area contributed by atoms with Crippen LogP contribution in [0.4, 0.5) is 5.69 Å². The smallest absolute Gasteiger partial charge is 0.153 e. The number of nitrogens with one attached hydrogen (secondary N) is 1. The van der Waals surface area contributed by atoms with Crippen molar-refractivity contribution in [1.29, 1.82) is 0 Å². The third-order valence-corrected chi connectivity index (χ3v) is 5.66. The first kappa shape index (κ1) is 15.8. The lowest BCUT2D eigenvalue weighted by Crippen LogP contribution is -2.40. The molecule has 2 rings (SSSR count). The number of nitrogens with zero attached hydrogens (tertiary/aromatic N) is 1. The van der Waals surface area contributed by atoms with Crippen LogP contribution in [0.5, 0.6) is 0 Å². The fraction of sp³-hybridized carbons (Fsp3) is 0.571. The van der Waals surface area contributed by atoms with Crippen molar-refractivity contribution in [2.75, 3.05) is 29.5 Å². The van der Waals surface area contributed by atoms with E-state index in [1.807, 2.05) is 0 Å². The average Bonchev–Trinajstić information content (AvgIpc) is 2.37. The van der Waals surface area contributed by atoms with Gasteiger partial charge >= 0.3 is 0 Å². The van der Waals surface area contributed by atoms with E-state index < -0.39 is 9.84 Å².